The largest absolute Gasteiger partial charge is 0.497 e. The van der Waals surface area contributed by atoms with E-state index in [2.05, 4.69) is 53.8 Å². The van der Waals surface area contributed by atoms with Gasteiger partial charge in [0, 0.05) is 13.0 Å². The number of hydrogen-bond acceptors (Lipinski definition) is 2. The van der Waals surface area contributed by atoms with Crippen LogP contribution >= 0.6 is 0 Å². The minimum atomic E-state index is 0.174. The van der Waals surface area contributed by atoms with Crippen molar-refractivity contribution in [1.82, 2.24) is 5.32 Å². The fourth-order valence-corrected chi connectivity index (χ4v) is 3.61. The lowest BCUT2D eigenvalue weighted by Gasteiger charge is -2.12. The number of nitrogens with one attached hydrogen (secondary N) is 1. The highest BCUT2D eigenvalue weighted by atomic mass is 16.5. The summed E-state index contributed by atoms with van der Waals surface area (Å²) in [5.74, 6) is 2.19. The molecule has 0 aliphatic heterocycles. The smallest absolute Gasteiger partial charge is 0.219 e. The standard InChI is InChI=1S/C23H29NO2/c1-3-7-23(25)24-16-19-14-21(19)22-15-20(26-2)13-12-18(22)11-10-17-8-5-4-6-9-17/h4-6,8-9,12-13,15,19,21H,3,7,10-11,14,16H2,1-2H3,(H,24,25)/t19-,21+/m0/s1. The van der Waals surface area contributed by atoms with Gasteiger partial charge in [0.15, 0.2) is 0 Å². The molecule has 2 atom stereocenters. The third-order valence-electron chi connectivity index (χ3n) is 5.24. The molecule has 1 amide bonds. The molecule has 2 aromatic carbocycles. The molecule has 26 heavy (non-hydrogen) atoms. The highest BCUT2D eigenvalue weighted by molar-refractivity contribution is 5.75. The van der Waals surface area contributed by atoms with Crippen molar-refractivity contribution in [1.29, 1.82) is 0 Å². The van der Waals surface area contributed by atoms with E-state index in [1.54, 1.807) is 7.11 Å². The predicted octanol–water partition coefficient (Wildman–Crippen LogP) is 4.50. The zero-order valence-corrected chi connectivity index (χ0v) is 15.8. The van der Waals surface area contributed by atoms with Crippen molar-refractivity contribution in [2.75, 3.05) is 13.7 Å². The van der Waals surface area contributed by atoms with Gasteiger partial charge < -0.3 is 10.1 Å². The maximum atomic E-state index is 11.7. The predicted molar refractivity (Wildman–Crippen MR) is 106 cm³/mol. The lowest BCUT2D eigenvalue weighted by Crippen LogP contribution is -2.25. The second kappa shape index (κ2) is 8.88. The molecule has 0 radical (unpaired) electrons. The van der Waals surface area contributed by atoms with Crippen LogP contribution < -0.4 is 10.1 Å². The minimum Gasteiger partial charge on any atom is -0.497 e. The molecule has 3 rings (SSSR count). The van der Waals surface area contributed by atoms with Crippen LogP contribution in [0.3, 0.4) is 0 Å². The van der Waals surface area contributed by atoms with E-state index >= 15 is 0 Å². The third kappa shape index (κ3) is 4.87. The number of aryl methyl sites for hydroxylation is 2. The first-order chi connectivity index (χ1) is 12.7. The number of amides is 1. The highest BCUT2D eigenvalue weighted by Crippen LogP contribution is 2.49. The van der Waals surface area contributed by atoms with Crippen molar-refractivity contribution in [3.8, 4) is 5.75 Å². The number of hydrogen-bond donors (Lipinski definition) is 1. The van der Waals surface area contributed by atoms with Crippen LogP contribution in [0.25, 0.3) is 0 Å². The van der Waals surface area contributed by atoms with E-state index < -0.39 is 0 Å². The summed E-state index contributed by atoms with van der Waals surface area (Å²) in [6.45, 7) is 2.83. The molecule has 0 spiro atoms. The summed E-state index contributed by atoms with van der Waals surface area (Å²) >= 11 is 0. The van der Waals surface area contributed by atoms with Gasteiger partial charge in [-0.1, -0.05) is 43.3 Å². The Morgan fingerprint density at radius 3 is 2.69 bits per heavy atom. The van der Waals surface area contributed by atoms with Gasteiger partial charge in [-0.3, -0.25) is 4.79 Å². The molecule has 0 saturated heterocycles. The molecule has 3 heteroatoms. The number of rotatable bonds is 9. The van der Waals surface area contributed by atoms with Crippen LogP contribution in [0.5, 0.6) is 5.75 Å². The van der Waals surface area contributed by atoms with Crippen molar-refractivity contribution in [3.05, 3.63) is 65.2 Å². The summed E-state index contributed by atoms with van der Waals surface area (Å²) in [7, 11) is 1.72. The first-order valence-corrected chi connectivity index (χ1v) is 9.68. The second-order valence-corrected chi connectivity index (χ2v) is 7.21. The molecule has 1 N–H and O–H groups in total. The first kappa shape index (κ1) is 18.5. The number of carbonyl (C=O) groups excluding carboxylic acids is 1. The number of methoxy groups -OCH3 is 1. The van der Waals surface area contributed by atoms with Gasteiger partial charge in [0.2, 0.25) is 5.91 Å². The summed E-state index contributed by atoms with van der Waals surface area (Å²) in [5, 5.41) is 3.08. The van der Waals surface area contributed by atoms with Crippen molar-refractivity contribution in [3.63, 3.8) is 0 Å². The van der Waals surface area contributed by atoms with Crippen LogP contribution in [0.1, 0.15) is 48.8 Å². The summed E-state index contributed by atoms with van der Waals surface area (Å²) in [6.07, 6.45) is 4.76. The van der Waals surface area contributed by atoms with Gasteiger partial charge in [-0.25, -0.2) is 0 Å². The fraction of sp³-hybridized carbons (Fsp3) is 0.435. The van der Waals surface area contributed by atoms with Crippen LogP contribution in [0, 0.1) is 5.92 Å². The molecule has 0 unspecified atom stereocenters. The van der Waals surface area contributed by atoms with E-state index in [1.165, 1.54) is 16.7 Å². The van der Waals surface area contributed by atoms with Crippen LogP contribution in [0.15, 0.2) is 48.5 Å². The number of benzene rings is 2. The summed E-state index contributed by atoms with van der Waals surface area (Å²) in [5.41, 5.74) is 4.17. The van der Waals surface area contributed by atoms with Gasteiger partial charge in [0.25, 0.3) is 0 Å². The quantitative estimate of drug-likeness (QED) is 0.722. The van der Waals surface area contributed by atoms with Crippen LogP contribution in [0.2, 0.25) is 0 Å². The zero-order chi connectivity index (χ0) is 18.4. The Labute approximate surface area is 156 Å². The van der Waals surface area contributed by atoms with E-state index in [1.807, 2.05) is 6.92 Å². The van der Waals surface area contributed by atoms with E-state index in [-0.39, 0.29) is 5.91 Å². The molecule has 138 valence electrons. The SMILES string of the molecule is CCCC(=O)NC[C@@H]1C[C@H]1c1cc(OC)ccc1CCc1ccccc1. The van der Waals surface area contributed by atoms with Crippen molar-refractivity contribution < 1.29 is 9.53 Å². The van der Waals surface area contributed by atoms with Crippen molar-refractivity contribution >= 4 is 5.91 Å². The van der Waals surface area contributed by atoms with Gasteiger partial charge in [0.05, 0.1) is 7.11 Å². The van der Waals surface area contributed by atoms with Crippen LogP contribution in [-0.4, -0.2) is 19.6 Å². The molecule has 1 saturated carbocycles. The van der Waals surface area contributed by atoms with Gasteiger partial charge in [-0.15, -0.1) is 0 Å². The maximum Gasteiger partial charge on any atom is 0.219 e. The Balaban J connectivity index is 1.65. The van der Waals surface area contributed by atoms with Crippen molar-refractivity contribution in [2.24, 2.45) is 5.92 Å². The van der Waals surface area contributed by atoms with E-state index in [4.69, 9.17) is 4.74 Å². The van der Waals surface area contributed by atoms with Gasteiger partial charge in [-0.2, -0.15) is 0 Å². The highest BCUT2D eigenvalue weighted by Gasteiger charge is 2.39. The molecule has 1 fully saturated rings. The van der Waals surface area contributed by atoms with E-state index in [0.717, 1.165) is 38.0 Å². The molecule has 1 aliphatic rings. The fourth-order valence-electron chi connectivity index (χ4n) is 3.61. The normalized spacial score (nSPS) is 18.4. The topological polar surface area (TPSA) is 38.3 Å². The number of ether oxygens (including phenoxy) is 1. The summed E-state index contributed by atoms with van der Waals surface area (Å²) in [6, 6.07) is 17.1. The third-order valence-corrected chi connectivity index (χ3v) is 5.24. The Bertz CT molecular complexity index is 726. The Morgan fingerprint density at radius 2 is 1.96 bits per heavy atom. The van der Waals surface area contributed by atoms with Crippen LogP contribution in [-0.2, 0) is 17.6 Å². The molecular weight excluding hydrogens is 322 g/mol. The monoisotopic (exact) mass is 351 g/mol. The van der Waals surface area contributed by atoms with Crippen LogP contribution in [0.4, 0.5) is 0 Å². The Kier molecular flexibility index (Phi) is 6.32. The molecule has 0 heterocycles. The number of carbonyl (C=O) groups is 1. The lowest BCUT2D eigenvalue weighted by atomic mass is 9.96. The molecule has 1 aliphatic carbocycles. The Hall–Kier alpha value is -2.29. The van der Waals surface area contributed by atoms with Gasteiger partial charge >= 0.3 is 0 Å². The van der Waals surface area contributed by atoms with Gasteiger partial charge in [0.1, 0.15) is 5.75 Å². The van der Waals surface area contributed by atoms with Crippen molar-refractivity contribution in [2.45, 2.75) is 44.9 Å². The molecule has 2 aromatic rings. The second-order valence-electron chi connectivity index (χ2n) is 7.21. The summed E-state index contributed by atoms with van der Waals surface area (Å²) in [4.78, 5) is 11.7. The molecule has 0 aromatic heterocycles. The zero-order valence-electron chi connectivity index (χ0n) is 15.8. The van der Waals surface area contributed by atoms with E-state index in [9.17, 15) is 4.79 Å². The maximum absolute atomic E-state index is 11.7. The average molecular weight is 351 g/mol. The summed E-state index contributed by atoms with van der Waals surface area (Å²) < 4.78 is 5.45. The minimum absolute atomic E-state index is 0.174. The first-order valence-electron chi connectivity index (χ1n) is 9.68. The van der Waals surface area contributed by atoms with Gasteiger partial charge in [-0.05, 0) is 66.3 Å². The average Bonchev–Trinajstić information content (AvgIpc) is 3.45. The molecule has 3 nitrogen and oxygen atoms in total. The molecule has 0 bridgehead atoms. The van der Waals surface area contributed by atoms with E-state index in [0.29, 0.717) is 18.3 Å². The Morgan fingerprint density at radius 1 is 1.15 bits per heavy atom. The lowest BCUT2D eigenvalue weighted by molar-refractivity contribution is -0.121. The molecular formula is C23H29NO2.